The van der Waals surface area contributed by atoms with Crippen LogP contribution in [0.4, 0.5) is 5.69 Å². The van der Waals surface area contributed by atoms with Crippen molar-refractivity contribution in [2.75, 3.05) is 11.9 Å². The Morgan fingerprint density at radius 3 is 2.50 bits per heavy atom. The molecule has 0 saturated carbocycles. The van der Waals surface area contributed by atoms with Crippen LogP contribution in [0, 0.1) is 0 Å². The second kappa shape index (κ2) is 8.93. The Morgan fingerprint density at radius 1 is 1.06 bits per heavy atom. The Morgan fingerprint density at radius 2 is 1.81 bits per heavy atom. The van der Waals surface area contributed by atoms with Gasteiger partial charge in [-0.1, -0.05) is 38.1 Å². The lowest BCUT2D eigenvalue weighted by Crippen LogP contribution is -2.13. The third kappa shape index (κ3) is 4.62. The third-order valence-electron chi connectivity index (χ3n) is 4.95. The molecule has 1 amide bonds. The van der Waals surface area contributed by atoms with Gasteiger partial charge in [-0.25, -0.2) is 9.78 Å². The van der Waals surface area contributed by atoms with Crippen molar-refractivity contribution in [3.63, 3.8) is 0 Å². The maximum absolute atomic E-state index is 12.7. The number of hydrogen-bond acceptors (Lipinski definition) is 5. The number of carbonyl (C=O) groups excluding carboxylic acids is 1. The van der Waals surface area contributed by atoms with Crippen molar-refractivity contribution < 1.29 is 23.8 Å². The molecule has 0 aliphatic heterocycles. The number of carboxylic acids is 1. The van der Waals surface area contributed by atoms with E-state index in [1.807, 2.05) is 30.3 Å². The lowest BCUT2D eigenvalue weighted by Gasteiger charge is -2.12. The number of oxazole rings is 1. The molecule has 0 spiro atoms. The molecule has 4 rings (SSSR count). The Balaban J connectivity index is 1.62. The van der Waals surface area contributed by atoms with Gasteiger partial charge in [-0.15, -0.1) is 0 Å². The normalized spacial score (nSPS) is 11.0. The van der Waals surface area contributed by atoms with E-state index in [9.17, 15) is 9.59 Å². The summed E-state index contributed by atoms with van der Waals surface area (Å²) in [5.41, 5.74) is 3.90. The van der Waals surface area contributed by atoms with Crippen LogP contribution >= 0.6 is 0 Å². The van der Waals surface area contributed by atoms with Gasteiger partial charge >= 0.3 is 5.97 Å². The number of fused-ring (bicyclic) bond motifs is 1. The average Bonchev–Trinajstić information content (AvgIpc) is 3.22. The van der Waals surface area contributed by atoms with Crippen molar-refractivity contribution in [1.82, 2.24) is 4.98 Å². The monoisotopic (exact) mass is 430 g/mol. The van der Waals surface area contributed by atoms with E-state index < -0.39 is 12.6 Å². The number of amides is 1. The molecule has 0 aliphatic rings. The summed E-state index contributed by atoms with van der Waals surface area (Å²) in [6.45, 7) is 3.64. The van der Waals surface area contributed by atoms with E-state index in [0.29, 0.717) is 39.7 Å². The van der Waals surface area contributed by atoms with Gasteiger partial charge in [0.05, 0.1) is 5.56 Å². The first-order valence-electron chi connectivity index (χ1n) is 10.2. The molecular weight excluding hydrogens is 408 g/mol. The number of carbonyl (C=O) groups is 2. The molecule has 32 heavy (non-hydrogen) atoms. The van der Waals surface area contributed by atoms with Crippen LogP contribution in [0.1, 0.15) is 35.7 Å². The largest absolute Gasteiger partial charge is 0.481 e. The first kappa shape index (κ1) is 21.1. The lowest BCUT2D eigenvalue weighted by atomic mass is 10.0. The molecule has 1 heterocycles. The fourth-order valence-corrected chi connectivity index (χ4v) is 3.25. The molecule has 0 bridgehead atoms. The highest BCUT2D eigenvalue weighted by Gasteiger charge is 2.16. The van der Waals surface area contributed by atoms with Crippen molar-refractivity contribution in [1.29, 1.82) is 0 Å². The van der Waals surface area contributed by atoms with Crippen molar-refractivity contribution >= 4 is 28.7 Å². The van der Waals surface area contributed by atoms with Gasteiger partial charge in [0.15, 0.2) is 12.2 Å². The number of nitrogens with one attached hydrogen (secondary N) is 1. The maximum Gasteiger partial charge on any atom is 0.341 e. The molecule has 162 valence electrons. The molecule has 0 aliphatic carbocycles. The number of para-hydroxylation sites is 2. The van der Waals surface area contributed by atoms with Gasteiger partial charge < -0.3 is 19.6 Å². The van der Waals surface area contributed by atoms with E-state index in [-0.39, 0.29) is 11.7 Å². The first-order valence-corrected chi connectivity index (χ1v) is 10.2. The molecule has 0 unspecified atom stereocenters. The topological polar surface area (TPSA) is 102 Å². The molecule has 1 aromatic heterocycles. The summed E-state index contributed by atoms with van der Waals surface area (Å²) in [5, 5.41) is 11.9. The van der Waals surface area contributed by atoms with Crippen LogP contribution in [0.15, 0.2) is 71.1 Å². The number of aliphatic carboxylic acids is 1. The minimum absolute atomic E-state index is 0.243. The molecule has 4 aromatic rings. The third-order valence-corrected chi connectivity index (χ3v) is 4.95. The number of hydrogen-bond donors (Lipinski definition) is 2. The van der Waals surface area contributed by atoms with Gasteiger partial charge in [0.25, 0.3) is 5.91 Å². The highest BCUT2D eigenvalue weighted by molar-refractivity contribution is 6.04. The summed E-state index contributed by atoms with van der Waals surface area (Å²) in [6.07, 6.45) is 0. The summed E-state index contributed by atoms with van der Waals surface area (Å²) in [4.78, 5) is 28.2. The summed E-state index contributed by atoms with van der Waals surface area (Å²) >= 11 is 0. The Kier molecular flexibility index (Phi) is 5.89. The van der Waals surface area contributed by atoms with Crippen LogP contribution < -0.4 is 10.1 Å². The molecule has 0 radical (unpaired) electrons. The van der Waals surface area contributed by atoms with E-state index >= 15 is 0 Å². The fraction of sp³-hybridized carbons (Fsp3) is 0.160. The highest BCUT2D eigenvalue weighted by Crippen LogP contribution is 2.34. The van der Waals surface area contributed by atoms with Crippen LogP contribution in [0.25, 0.3) is 22.6 Å². The molecule has 7 nitrogen and oxygen atoms in total. The van der Waals surface area contributed by atoms with Crippen LogP contribution in [0.2, 0.25) is 0 Å². The molecule has 3 aromatic carbocycles. The number of anilines is 1. The van der Waals surface area contributed by atoms with E-state index in [0.717, 1.165) is 5.56 Å². The molecule has 0 fully saturated rings. The number of aromatic nitrogens is 1. The quantitative estimate of drug-likeness (QED) is 0.411. The van der Waals surface area contributed by atoms with E-state index in [4.69, 9.17) is 14.3 Å². The lowest BCUT2D eigenvalue weighted by molar-refractivity contribution is -0.139. The predicted octanol–water partition coefficient (Wildman–Crippen LogP) is 5.33. The molecule has 7 heteroatoms. The average molecular weight is 430 g/mol. The Bertz CT molecular complexity index is 1240. The van der Waals surface area contributed by atoms with Crippen molar-refractivity contribution in [2.45, 2.75) is 19.8 Å². The zero-order valence-electron chi connectivity index (χ0n) is 17.7. The standard InChI is InChI=1S/C25H22N2O5/c1-15(2)16-7-9-17(10-8-16)24(30)26-18-11-12-19(22(13-18)31-14-23(28)29)25-27-20-5-3-4-6-21(20)32-25/h3-13,15H,14H2,1-2H3,(H,26,30)(H,28,29). The van der Waals surface area contributed by atoms with Crippen molar-refractivity contribution in [2.24, 2.45) is 0 Å². The molecule has 0 atom stereocenters. The van der Waals surface area contributed by atoms with E-state index in [1.165, 1.54) is 0 Å². The number of rotatable bonds is 7. The maximum atomic E-state index is 12.7. The highest BCUT2D eigenvalue weighted by atomic mass is 16.5. The minimum atomic E-state index is -1.12. The van der Waals surface area contributed by atoms with Crippen molar-refractivity contribution in [3.8, 4) is 17.2 Å². The predicted molar refractivity (Wildman–Crippen MR) is 121 cm³/mol. The number of nitrogens with zero attached hydrogens (tertiary/aromatic N) is 1. The van der Waals surface area contributed by atoms with Crippen molar-refractivity contribution in [3.05, 3.63) is 77.9 Å². The minimum Gasteiger partial charge on any atom is -0.481 e. The van der Waals surface area contributed by atoms with Crippen LogP contribution in [0.3, 0.4) is 0 Å². The summed E-state index contributed by atoms with van der Waals surface area (Å²) < 4.78 is 11.3. The van der Waals surface area contributed by atoms with Gasteiger partial charge in [0, 0.05) is 17.3 Å². The molecular formula is C25H22N2O5. The van der Waals surface area contributed by atoms with Gasteiger partial charge in [0.2, 0.25) is 5.89 Å². The number of ether oxygens (including phenoxy) is 1. The van der Waals surface area contributed by atoms with Crippen LogP contribution in [0.5, 0.6) is 5.75 Å². The van der Waals surface area contributed by atoms with E-state index in [2.05, 4.69) is 24.1 Å². The zero-order chi connectivity index (χ0) is 22.7. The number of carboxylic acid groups (broad SMARTS) is 1. The van der Waals surface area contributed by atoms with Gasteiger partial charge in [-0.05, 0) is 47.9 Å². The van der Waals surface area contributed by atoms with Gasteiger partial charge in [0.1, 0.15) is 11.3 Å². The first-order chi connectivity index (χ1) is 15.4. The summed E-state index contributed by atoms with van der Waals surface area (Å²) in [7, 11) is 0. The van der Waals surface area contributed by atoms with Crippen LogP contribution in [-0.2, 0) is 4.79 Å². The smallest absolute Gasteiger partial charge is 0.341 e. The molecule has 0 saturated heterocycles. The van der Waals surface area contributed by atoms with Gasteiger partial charge in [-0.2, -0.15) is 0 Å². The second-order valence-corrected chi connectivity index (χ2v) is 7.61. The fourth-order valence-electron chi connectivity index (χ4n) is 3.25. The summed E-state index contributed by atoms with van der Waals surface area (Å²) in [6, 6.07) is 19.6. The summed E-state index contributed by atoms with van der Waals surface area (Å²) in [5.74, 6) is -0.478. The van der Waals surface area contributed by atoms with Gasteiger partial charge in [-0.3, -0.25) is 4.79 Å². The molecule has 2 N–H and O–H groups in total. The second-order valence-electron chi connectivity index (χ2n) is 7.61. The van der Waals surface area contributed by atoms with E-state index in [1.54, 1.807) is 36.4 Å². The number of benzene rings is 3. The Labute approximate surface area is 184 Å². The van der Waals surface area contributed by atoms with Crippen LogP contribution in [-0.4, -0.2) is 28.6 Å². The SMILES string of the molecule is CC(C)c1ccc(C(=O)Nc2ccc(-c3nc4ccccc4o3)c(OCC(=O)O)c2)cc1. The Hall–Kier alpha value is -4.13. The zero-order valence-corrected chi connectivity index (χ0v) is 17.7.